The summed E-state index contributed by atoms with van der Waals surface area (Å²) in [7, 11) is 3.13. The molecule has 0 atom stereocenters. The van der Waals surface area contributed by atoms with Crippen LogP contribution in [-0.4, -0.2) is 63.3 Å². The molecule has 1 aliphatic rings. The molecule has 0 radical (unpaired) electrons. The molecule has 0 saturated carbocycles. The van der Waals surface area contributed by atoms with Crippen molar-refractivity contribution in [3.63, 3.8) is 0 Å². The van der Waals surface area contributed by atoms with Crippen molar-refractivity contribution in [1.82, 2.24) is 4.90 Å². The molecule has 176 valence electrons. The lowest BCUT2D eigenvalue weighted by Gasteiger charge is -2.25. The van der Waals surface area contributed by atoms with E-state index in [2.05, 4.69) is 0 Å². The molecule has 2 aromatic carbocycles. The van der Waals surface area contributed by atoms with Gasteiger partial charge in [0.15, 0.2) is 0 Å². The summed E-state index contributed by atoms with van der Waals surface area (Å²) >= 11 is 0. The van der Waals surface area contributed by atoms with Crippen LogP contribution in [0, 0.1) is 5.82 Å². The first-order chi connectivity index (χ1) is 15.9. The number of carbonyl (C=O) groups excluding carboxylic acids is 2. The number of hydrogen-bond donors (Lipinski definition) is 0. The highest BCUT2D eigenvalue weighted by atomic mass is 19.1. The van der Waals surface area contributed by atoms with Crippen LogP contribution >= 0.6 is 0 Å². The van der Waals surface area contributed by atoms with Crippen LogP contribution in [0.3, 0.4) is 0 Å². The molecule has 0 aromatic heterocycles. The fraction of sp³-hybridized carbons (Fsp3) is 0.360. The van der Waals surface area contributed by atoms with E-state index in [1.165, 1.54) is 24.3 Å². The summed E-state index contributed by atoms with van der Waals surface area (Å²) < 4.78 is 30.0. The first-order valence-electron chi connectivity index (χ1n) is 10.8. The molecule has 0 saturated heterocycles. The van der Waals surface area contributed by atoms with Crippen LogP contribution in [0.1, 0.15) is 19.4 Å². The van der Waals surface area contributed by atoms with Crippen molar-refractivity contribution in [2.75, 3.05) is 45.4 Å². The lowest BCUT2D eigenvalue weighted by Crippen LogP contribution is -2.37. The monoisotopic (exact) mass is 456 g/mol. The Kier molecular flexibility index (Phi) is 8.19. The Morgan fingerprint density at radius 1 is 0.939 bits per heavy atom. The number of methoxy groups -OCH3 is 2. The van der Waals surface area contributed by atoms with Crippen molar-refractivity contribution in [2.45, 2.75) is 20.0 Å². The quantitative estimate of drug-likeness (QED) is 0.482. The molecule has 33 heavy (non-hydrogen) atoms. The maximum absolute atomic E-state index is 13.9. The van der Waals surface area contributed by atoms with Gasteiger partial charge in [-0.3, -0.25) is 9.59 Å². The molecule has 0 spiro atoms. The minimum absolute atomic E-state index is 0.00219. The average Bonchev–Trinajstić information content (AvgIpc) is 3.04. The summed E-state index contributed by atoms with van der Waals surface area (Å²) in [6.07, 6.45) is 0.00219. The van der Waals surface area contributed by atoms with Gasteiger partial charge in [0.1, 0.15) is 17.3 Å². The molecule has 0 unspecified atom stereocenters. The molecule has 1 aliphatic heterocycles. The SMILES string of the molecule is COCCN(CCOC)C1=C(c2ccc(OC(C)C)cc2)C(=O)N(c2cccc(F)c2)C1=O. The maximum Gasteiger partial charge on any atom is 0.282 e. The number of amides is 2. The van der Waals surface area contributed by atoms with E-state index >= 15 is 0 Å². The molecule has 0 N–H and O–H groups in total. The van der Waals surface area contributed by atoms with E-state index in [9.17, 15) is 14.0 Å². The Bertz CT molecular complexity index is 1010. The Morgan fingerprint density at radius 3 is 2.12 bits per heavy atom. The van der Waals surface area contributed by atoms with Gasteiger partial charge >= 0.3 is 0 Å². The molecule has 3 rings (SSSR count). The van der Waals surface area contributed by atoms with Crippen LogP contribution in [-0.2, 0) is 19.1 Å². The highest BCUT2D eigenvalue weighted by molar-refractivity contribution is 6.45. The van der Waals surface area contributed by atoms with E-state index in [1.54, 1.807) is 43.4 Å². The van der Waals surface area contributed by atoms with Crippen LogP contribution in [0.15, 0.2) is 54.2 Å². The van der Waals surface area contributed by atoms with Gasteiger partial charge in [-0.05, 0) is 49.7 Å². The maximum atomic E-state index is 13.9. The van der Waals surface area contributed by atoms with Gasteiger partial charge < -0.3 is 19.1 Å². The fourth-order valence-electron chi connectivity index (χ4n) is 3.63. The topological polar surface area (TPSA) is 68.3 Å². The van der Waals surface area contributed by atoms with Crippen molar-refractivity contribution >= 4 is 23.1 Å². The molecule has 2 amide bonds. The van der Waals surface area contributed by atoms with Crippen LogP contribution in [0.4, 0.5) is 10.1 Å². The second-order valence-corrected chi connectivity index (χ2v) is 7.81. The van der Waals surface area contributed by atoms with E-state index in [0.717, 1.165) is 4.90 Å². The number of nitrogens with zero attached hydrogens (tertiary/aromatic N) is 2. The van der Waals surface area contributed by atoms with Gasteiger partial charge in [0, 0.05) is 27.3 Å². The molecular weight excluding hydrogens is 427 g/mol. The summed E-state index contributed by atoms with van der Waals surface area (Å²) in [6.45, 7) is 5.31. The Morgan fingerprint density at radius 2 is 1.58 bits per heavy atom. The minimum Gasteiger partial charge on any atom is -0.491 e. The van der Waals surface area contributed by atoms with Crippen LogP contribution in [0.2, 0.25) is 0 Å². The highest BCUT2D eigenvalue weighted by Crippen LogP contribution is 2.35. The van der Waals surface area contributed by atoms with E-state index in [-0.39, 0.29) is 23.1 Å². The van der Waals surface area contributed by atoms with E-state index in [1.807, 2.05) is 13.8 Å². The van der Waals surface area contributed by atoms with Gasteiger partial charge in [-0.2, -0.15) is 0 Å². The lowest BCUT2D eigenvalue weighted by molar-refractivity contribution is -0.120. The number of halogens is 1. The Labute approximate surface area is 193 Å². The first kappa shape index (κ1) is 24.4. The molecule has 1 heterocycles. The number of hydrogen-bond acceptors (Lipinski definition) is 6. The standard InChI is InChI=1S/C25H29FN2O5/c1-17(2)33-21-10-8-18(9-11-21)22-23(27(12-14-31-3)13-15-32-4)25(30)28(24(22)29)20-7-5-6-19(26)16-20/h5-11,16-17H,12-15H2,1-4H3. The molecule has 8 heteroatoms. The van der Waals surface area contributed by atoms with Crippen LogP contribution < -0.4 is 9.64 Å². The molecule has 0 aliphatic carbocycles. The largest absolute Gasteiger partial charge is 0.491 e. The third-order valence-corrected chi connectivity index (χ3v) is 5.09. The molecule has 7 nitrogen and oxygen atoms in total. The van der Waals surface area contributed by atoms with Gasteiger partial charge in [-0.15, -0.1) is 0 Å². The van der Waals surface area contributed by atoms with E-state index < -0.39 is 17.6 Å². The Hall–Kier alpha value is -3.23. The second kappa shape index (κ2) is 11.1. The second-order valence-electron chi connectivity index (χ2n) is 7.81. The van der Waals surface area contributed by atoms with E-state index in [0.29, 0.717) is 37.6 Å². The highest BCUT2D eigenvalue weighted by Gasteiger charge is 2.42. The number of imide groups is 1. The third kappa shape index (κ3) is 5.58. The van der Waals surface area contributed by atoms with Crippen molar-refractivity contribution in [3.8, 4) is 5.75 Å². The minimum atomic E-state index is -0.533. The molecule has 0 fully saturated rings. The lowest BCUT2D eigenvalue weighted by atomic mass is 10.0. The number of carbonyl (C=O) groups is 2. The number of ether oxygens (including phenoxy) is 3. The summed E-state index contributed by atoms with van der Waals surface area (Å²) in [5.41, 5.74) is 1.22. The fourth-order valence-corrected chi connectivity index (χ4v) is 3.63. The van der Waals surface area contributed by atoms with Gasteiger partial charge in [-0.25, -0.2) is 9.29 Å². The Balaban J connectivity index is 2.09. The predicted octanol–water partition coefficient (Wildman–Crippen LogP) is 3.49. The van der Waals surface area contributed by atoms with Crippen molar-refractivity contribution in [1.29, 1.82) is 0 Å². The molecular formula is C25H29FN2O5. The number of benzene rings is 2. The number of rotatable bonds is 11. The molecule has 0 bridgehead atoms. The number of anilines is 1. The van der Waals surface area contributed by atoms with Crippen LogP contribution in [0.25, 0.3) is 5.57 Å². The van der Waals surface area contributed by atoms with Gasteiger partial charge in [0.05, 0.1) is 30.6 Å². The smallest absolute Gasteiger partial charge is 0.282 e. The zero-order valence-corrected chi connectivity index (χ0v) is 19.3. The predicted molar refractivity (Wildman–Crippen MR) is 123 cm³/mol. The normalized spacial score (nSPS) is 13.9. The van der Waals surface area contributed by atoms with Gasteiger partial charge in [0.25, 0.3) is 11.8 Å². The summed E-state index contributed by atoms with van der Waals surface area (Å²) in [6, 6.07) is 12.5. The van der Waals surface area contributed by atoms with Crippen molar-refractivity contribution in [2.24, 2.45) is 0 Å². The van der Waals surface area contributed by atoms with Gasteiger partial charge in [0.2, 0.25) is 0 Å². The van der Waals surface area contributed by atoms with Crippen LogP contribution in [0.5, 0.6) is 5.75 Å². The van der Waals surface area contributed by atoms with Crippen molar-refractivity contribution in [3.05, 3.63) is 65.6 Å². The summed E-state index contributed by atoms with van der Waals surface area (Å²) in [5, 5.41) is 0. The van der Waals surface area contributed by atoms with Gasteiger partial charge in [-0.1, -0.05) is 18.2 Å². The summed E-state index contributed by atoms with van der Waals surface area (Å²) in [4.78, 5) is 29.9. The third-order valence-electron chi connectivity index (χ3n) is 5.09. The summed E-state index contributed by atoms with van der Waals surface area (Å²) in [5.74, 6) is -0.910. The van der Waals surface area contributed by atoms with Crippen molar-refractivity contribution < 1.29 is 28.2 Å². The van der Waals surface area contributed by atoms with E-state index in [4.69, 9.17) is 14.2 Å². The first-order valence-corrected chi connectivity index (χ1v) is 10.8. The molecule has 2 aromatic rings. The average molecular weight is 457 g/mol. The zero-order valence-electron chi connectivity index (χ0n) is 19.3. The zero-order chi connectivity index (χ0) is 24.0.